The maximum atomic E-state index is 12.6. The molecule has 1 saturated heterocycles. The summed E-state index contributed by atoms with van der Waals surface area (Å²) < 4.78 is 11.0. The molecule has 0 aliphatic carbocycles. The third-order valence-corrected chi connectivity index (χ3v) is 6.09. The Bertz CT molecular complexity index is 1010. The molecule has 3 aromatic rings. The van der Waals surface area contributed by atoms with E-state index in [0.717, 1.165) is 50.5 Å². The van der Waals surface area contributed by atoms with Crippen molar-refractivity contribution in [2.75, 3.05) is 39.8 Å². The predicted octanol–water partition coefficient (Wildman–Crippen LogP) is 4.32. The predicted molar refractivity (Wildman–Crippen MR) is 125 cm³/mol. The van der Waals surface area contributed by atoms with E-state index in [4.69, 9.17) is 20.8 Å². The van der Waals surface area contributed by atoms with Gasteiger partial charge in [0, 0.05) is 56.2 Å². The summed E-state index contributed by atoms with van der Waals surface area (Å²) in [7, 11) is 1.68. The first-order valence-corrected chi connectivity index (χ1v) is 11.3. The molecule has 0 radical (unpaired) electrons. The van der Waals surface area contributed by atoms with Crippen LogP contribution < -0.4 is 4.74 Å². The van der Waals surface area contributed by atoms with Gasteiger partial charge in [-0.2, -0.15) is 0 Å². The van der Waals surface area contributed by atoms with Crippen LogP contribution in [-0.2, 0) is 17.6 Å². The number of carbonyl (C=O) groups is 1. The van der Waals surface area contributed by atoms with Crippen LogP contribution in [0.2, 0.25) is 5.02 Å². The number of benzene rings is 2. The summed E-state index contributed by atoms with van der Waals surface area (Å²) in [4.78, 5) is 21.3. The van der Waals surface area contributed by atoms with Gasteiger partial charge in [0.15, 0.2) is 11.7 Å². The Labute approximate surface area is 193 Å². The highest BCUT2D eigenvalue weighted by atomic mass is 35.5. The molecule has 6 nitrogen and oxygen atoms in total. The molecule has 0 N–H and O–H groups in total. The maximum absolute atomic E-state index is 12.6. The Balaban J connectivity index is 1.19. The summed E-state index contributed by atoms with van der Waals surface area (Å²) in [6.07, 6.45) is 3.61. The van der Waals surface area contributed by atoms with Crippen LogP contribution >= 0.6 is 11.6 Å². The number of ether oxygens (including phenoxy) is 1. The van der Waals surface area contributed by atoms with Gasteiger partial charge in [-0.3, -0.25) is 9.69 Å². The van der Waals surface area contributed by atoms with Crippen molar-refractivity contribution in [3.8, 4) is 17.1 Å². The van der Waals surface area contributed by atoms with Gasteiger partial charge in [0.05, 0.1) is 13.3 Å². The van der Waals surface area contributed by atoms with E-state index in [-0.39, 0.29) is 5.91 Å². The van der Waals surface area contributed by atoms with Crippen LogP contribution in [0.15, 0.2) is 59.1 Å². The van der Waals surface area contributed by atoms with Crippen LogP contribution in [0.25, 0.3) is 11.3 Å². The number of rotatable bonds is 8. The molecule has 1 fully saturated rings. The number of hydrogen-bond donors (Lipinski definition) is 0. The molecule has 2 heterocycles. The van der Waals surface area contributed by atoms with Crippen molar-refractivity contribution in [3.63, 3.8) is 0 Å². The van der Waals surface area contributed by atoms with Crippen molar-refractivity contribution in [3.05, 3.63) is 71.2 Å². The minimum atomic E-state index is 0.158. The molecule has 1 aromatic heterocycles. The summed E-state index contributed by atoms with van der Waals surface area (Å²) in [5.41, 5.74) is 2.22. The standard InChI is InChI=1S/C25H28ClN3O3/c1-31-22-8-2-19(3-9-22)12-13-28-14-16-29(17-15-28)25(30)11-10-24-27-18-23(32-24)20-4-6-21(26)7-5-20/h2-9,18H,10-17H2,1H3. The molecule has 7 heteroatoms. The highest BCUT2D eigenvalue weighted by Crippen LogP contribution is 2.23. The number of oxazole rings is 1. The number of piperazine rings is 1. The first kappa shape index (κ1) is 22.4. The molecule has 1 aliphatic rings. The zero-order valence-corrected chi connectivity index (χ0v) is 19.1. The molecule has 32 heavy (non-hydrogen) atoms. The number of halogens is 1. The Hall–Kier alpha value is -2.83. The van der Waals surface area contributed by atoms with Gasteiger partial charge in [-0.1, -0.05) is 23.7 Å². The molecule has 0 spiro atoms. The number of nitrogens with zero attached hydrogens (tertiary/aromatic N) is 3. The Morgan fingerprint density at radius 3 is 2.44 bits per heavy atom. The van der Waals surface area contributed by atoms with Gasteiger partial charge in [-0.05, 0) is 48.4 Å². The number of methoxy groups -OCH3 is 1. The summed E-state index contributed by atoms with van der Waals surface area (Å²) in [6.45, 7) is 4.34. The Kier molecular flexibility index (Phi) is 7.45. The van der Waals surface area contributed by atoms with Crippen LogP contribution in [0.5, 0.6) is 5.75 Å². The maximum Gasteiger partial charge on any atom is 0.223 e. The fourth-order valence-corrected chi connectivity index (χ4v) is 3.97. The van der Waals surface area contributed by atoms with E-state index in [0.29, 0.717) is 29.5 Å². The minimum absolute atomic E-state index is 0.158. The lowest BCUT2D eigenvalue weighted by Crippen LogP contribution is -2.49. The Morgan fingerprint density at radius 2 is 1.75 bits per heavy atom. The van der Waals surface area contributed by atoms with Gasteiger partial charge < -0.3 is 14.1 Å². The first-order valence-electron chi connectivity index (χ1n) is 10.9. The van der Waals surface area contributed by atoms with E-state index in [1.54, 1.807) is 13.3 Å². The van der Waals surface area contributed by atoms with Gasteiger partial charge in [-0.15, -0.1) is 0 Å². The fourth-order valence-electron chi connectivity index (χ4n) is 3.85. The van der Waals surface area contributed by atoms with Crippen LogP contribution in [0.3, 0.4) is 0 Å². The molecule has 2 aromatic carbocycles. The zero-order valence-electron chi connectivity index (χ0n) is 18.3. The van der Waals surface area contributed by atoms with Crippen molar-refractivity contribution in [2.24, 2.45) is 0 Å². The molecule has 0 saturated carbocycles. The van der Waals surface area contributed by atoms with Crippen LogP contribution in [-0.4, -0.2) is 60.5 Å². The Morgan fingerprint density at radius 1 is 1.03 bits per heavy atom. The van der Waals surface area contributed by atoms with E-state index < -0.39 is 0 Å². The fraction of sp³-hybridized carbons (Fsp3) is 0.360. The van der Waals surface area contributed by atoms with E-state index in [1.165, 1.54) is 5.56 Å². The van der Waals surface area contributed by atoms with Gasteiger partial charge in [0.1, 0.15) is 5.75 Å². The molecular formula is C25H28ClN3O3. The van der Waals surface area contributed by atoms with E-state index in [2.05, 4.69) is 22.0 Å². The van der Waals surface area contributed by atoms with Crippen LogP contribution in [0.1, 0.15) is 17.9 Å². The number of carbonyl (C=O) groups excluding carboxylic acids is 1. The highest BCUT2D eigenvalue weighted by Gasteiger charge is 2.21. The second kappa shape index (κ2) is 10.7. The number of hydrogen-bond acceptors (Lipinski definition) is 5. The molecular weight excluding hydrogens is 426 g/mol. The third kappa shape index (κ3) is 5.90. The third-order valence-electron chi connectivity index (χ3n) is 5.84. The zero-order chi connectivity index (χ0) is 22.3. The highest BCUT2D eigenvalue weighted by molar-refractivity contribution is 6.30. The van der Waals surface area contributed by atoms with Crippen molar-refractivity contribution in [1.29, 1.82) is 0 Å². The lowest BCUT2D eigenvalue weighted by atomic mass is 10.1. The van der Waals surface area contributed by atoms with Gasteiger partial charge in [0.2, 0.25) is 5.91 Å². The smallest absolute Gasteiger partial charge is 0.223 e. The lowest BCUT2D eigenvalue weighted by molar-refractivity contribution is -0.133. The molecule has 1 aliphatic heterocycles. The van der Waals surface area contributed by atoms with Crippen molar-refractivity contribution in [2.45, 2.75) is 19.3 Å². The van der Waals surface area contributed by atoms with Crippen LogP contribution in [0.4, 0.5) is 0 Å². The monoisotopic (exact) mass is 453 g/mol. The average molecular weight is 454 g/mol. The topological polar surface area (TPSA) is 58.8 Å². The summed E-state index contributed by atoms with van der Waals surface area (Å²) >= 11 is 5.93. The van der Waals surface area contributed by atoms with E-state index in [9.17, 15) is 4.79 Å². The summed E-state index contributed by atoms with van der Waals surface area (Å²) in [6, 6.07) is 15.6. The van der Waals surface area contributed by atoms with Crippen molar-refractivity contribution >= 4 is 17.5 Å². The molecule has 0 unspecified atom stereocenters. The molecule has 4 rings (SSSR count). The molecule has 168 valence electrons. The normalized spacial score (nSPS) is 14.5. The average Bonchev–Trinajstić information content (AvgIpc) is 3.31. The van der Waals surface area contributed by atoms with Gasteiger partial charge in [0.25, 0.3) is 0 Å². The number of amides is 1. The lowest BCUT2D eigenvalue weighted by Gasteiger charge is -2.34. The number of aryl methyl sites for hydroxylation is 1. The van der Waals surface area contributed by atoms with Crippen LogP contribution in [0, 0.1) is 0 Å². The summed E-state index contributed by atoms with van der Waals surface area (Å²) in [5.74, 6) is 2.31. The summed E-state index contributed by atoms with van der Waals surface area (Å²) in [5, 5.41) is 0.680. The van der Waals surface area contributed by atoms with E-state index in [1.807, 2.05) is 41.3 Å². The quantitative estimate of drug-likeness (QED) is 0.508. The number of aromatic nitrogens is 1. The van der Waals surface area contributed by atoms with Gasteiger partial charge >= 0.3 is 0 Å². The molecule has 0 bridgehead atoms. The first-order chi connectivity index (χ1) is 15.6. The van der Waals surface area contributed by atoms with Gasteiger partial charge in [-0.25, -0.2) is 4.98 Å². The SMILES string of the molecule is COc1ccc(CCN2CCN(C(=O)CCc3ncc(-c4ccc(Cl)cc4)o3)CC2)cc1. The molecule has 1 amide bonds. The molecule has 0 atom stereocenters. The van der Waals surface area contributed by atoms with E-state index >= 15 is 0 Å². The second-order valence-corrected chi connectivity index (χ2v) is 8.38. The second-order valence-electron chi connectivity index (χ2n) is 7.95. The minimum Gasteiger partial charge on any atom is -0.497 e. The van der Waals surface area contributed by atoms with Crippen molar-refractivity contribution < 1.29 is 13.9 Å². The largest absolute Gasteiger partial charge is 0.497 e. The van der Waals surface area contributed by atoms with Crippen molar-refractivity contribution in [1.82, 2.24) is 14.8 Å².